The fourth-order valence-electron chi connectivity index (χ4n) is 1.28. The van der Waals surface area contributed by atoms with Crippen molar-refractivity contribution in [3.8, 4) is 0 Å². The molecule has 2 amide bonds. The summed E-state index contributed by atoms with van der Waals surface area (Å²) in [6.45, 7) is 3.41. The summed E-state index contributed by atoms with van der Waals surface area (Å²) in [5.41, 5.74) is -0.0174. The maximum absolute atomic E-state index is 11.5. The van der Waals surface area contributed by atoms with E-state index in [4.69, 9.17) is 0 Å². The zero-order valence-electron chi connectivity index (χ0n) is 6.86. The number of carbonyl (C=O) groups excluding carboxylic acids is 2. The lowest BCUT2D eigenvalue weighted by Gasteiger charge is -2.33. The van der Waals surface area contributed by atoms with E-state index in [9.17, 15) is 9.59 Å². The van der Waals surface area contributed by atoms with Gasteiger partial charge in [0.1, 0.15) is 6.17 Å². The molecule has 66 valence electrons. The van der Waals surface area contributed by atoms with E-state index in [1.807, 2.05) is 0 Å². The fraction of sp³-hybridized carbons (Fsp3) is 0.111. The van der Waals surface area contributed by atoms with Crippen LogP contribution in [0.1, 0.15) is 0 Å². The molecule has 1 fully saturated rings. The van der Waals surface area contributed by atoms with E-state index in [0.717, 1.165) is 0 Å². The van der Waals surface area contributed by atoms with Crippen molar-refractivity contribution in [3.05, 3.63) is 36.6 Å². The number of fused-ring (bicyclic) bond motifs is 1. The summed E-state index contributed by atoms with van der Waals surface area (Å²) in [6.07, 6.45) is 6.53. The van der Waals surface area contributed by atoms with Crippen LogP contribution in [0.2, 0.25) is 0 Å². The van der Waals surface area contributed by atoms with E-state index in [1.165, 1.54) is 4.90 Å². The van der Waals surface area contributed by atoms with Crippen molar-refractivity contribution < 1.29 is 9.59 Å². The van der Waals surface area contributed by atoms with E-state index >= 15 is 0 Å². The van der Waals surface area contributed by atoms with E-state index in [2.05, 4.69) is 11.9 Å². The molecule has 0 aromatic heterocycles. The van der Waals surface area contributed by atoms with Gasteiger partial charge in [-0.1, -0.05) is 12.7 Å². The highest BCUT2D eigenvalue weighted by molar-refractivity contribution is 6.20. The molecular formula is C9H8N2O2. The van der Waals surface area contributed by atoms with Gasteiger partial charge in [-0.3, -0.25) is 14.5 Å². The number of rotatable bonds is 0. The van der Waals surface area contributed by atoms with Gasteiger partial charge in [0.15, 0.2) is 0 Å². The summed E-state index contributed by atoms with van der Waals surface area (Å²) < 4.78 is 0. The predicted octanol–water partition coefficient (Wildman–Crippen LogP) is -0.0894. The standard InChI is InChI=1S/C9H8N2O2/c1-6-8(12)10-7-4-2-3-5-11(7)9(6)13/h2-5,7H,1H2,(H,10,12). The molecule has 13 heavy (non-hydrogen) atoms. The second-order valence-electron chi connectivity index (χ2n) is 2.84. The Labute approximate surface area is 75.2 Å². The normalized spacial score (nSPS) is 26.0. The van der Waals surface area contributed by atoms with E-state index in [1.54, 1.807) is 24.4 Å². The van der Waals surface area contributed by atoms with Crippen molar-refractivity contribution in [2.45, 2.75) is 6.17 Å². The number of amides is 2. The van der Waals surface area contributed by atoms with Crippen molar-refractivity contribution in [1.29, 1.82) is 0 Å². The fourth-order valence-corrected chi connectivity index (χ4v) is 1.28. The van der Waals surface area contributed by atoms with Crippen molar-refractivity contribution >= 4 is 11.8 Å². The third-order valence-electron chi connectivity index (χ3n) is 2.00. The van der Waals surface area contributed by atoms with Gasteiger partial charge in [-0.2, -0.15) is 0 Å². The van der Waals surface area contributed by atoms with E-state index < -0.39 is 5.91 Å². The Kier molecular flexibility index (Phi) is 1.55. The van der Waals surface area contributed by atoms with Gasteiger partial charge in [0, 0.05) is 6.20 Å². The lowest BCUT2D eigenvalue weighted by atomic mass is 10.1. The quantitative estimate of drug-likeness (QED) is 0.414. The Bertz CT molecular complexity index is 355. The van der Waals surface area contributed by atoms with Gasteiger partial charge < -0.3 is 5.32 Å². The summed E-state index contributed by atoms with van der Waals surface area (Å²) in [4.78, 5) is 24.0. The molecule has 0 spiro atoms. The minimum atomic E-state index is -0.397. The summed E-state index contributed by atoms with van der Waals surface area (Å²) in [6, 6.07) is 0. The molecule has 0 aliphatic carbocycles. The molecule has 1 N–H and O–H groups in total. The largest absolute Gasteiger partial charge is 0.328 e. The molecule has 4 heteroatoms. The monoisotopic (exact) mass is 176 g/mol. The van der Waals surface area contributed by atoms with Crippen LogP contribution in [0.25, 0.3) is 0 Å². The maximum Gasteiger partial charge on any atom is 0.264 e. The Morgan fingerprint density at radius 3 is 2.92 bits per heavy atom. The molecular weight excluding hydrogens is 168 g/mol. The zero-order valence-corrected chi connectivity index (χ0v) is 6.86. The van der Waals surface area contributed by atoms with E-state index in [0.29, 0.717) is 0 Å². The van der Waals surface area contributed by atoms with Crippen molar-refractivity contribution in [2.75, 3.05) is 0 Å². The number of hydrogen-bond donors (Lipinski definition) is 1. The van der Waals surface area contributed by atoms with E-state index in [-0.39, 0.29) is 17.6 Å². The van der Waals surface area contributed by atoms with Gasteiger partial charge in [-0.15, -0.1) is 0 Å². The lowest BCUT2D eigenvalue weighted by Crippen LogP contribution is -2.55. The van der Waals surface area contributed by atoms with Crippen LogP contribution in [0.5, 0.6) is 0 Å². The smallest absolute Gasteiger partial charge is 0.264 e. The molecule has 0 saturated carbocycles. The molecule has 0 bridgehead atoms. The van der Waals surface area contributed by atoms with Crippen LogP contribution >= 0.6 is 0 Å². The molecule has 2 rings (SSSR count). The Morgan fingerprint density at radius 2 is 2.15 bits per heavy atom. The van der Waals surface area contributed by atoms with Gasteiger partial charge in [-0.05, 0) is 12.2 Å². The Morgan fingerprint density at radius 1 is 1.38 bits per heavy atom. The first-order chi connectivity index (χ1) is 6.20. The molecule has 1 atom stereocenters. The van der Waals surface area contributed by atoms with Crippen molar-refractivity contribution in [1.82, 2.24) is 10.2 Å². The van der Waals surface area contributed by atoms with Gasteiger partial charge in [0.2, 0.25) is 0 Å². The number of hydrogen-bond acceptors (Lipinski definition) is 2. The molecule has 2 aliphatic rings. The summed E-state index contributed by atoms with van der Waals surface area (Å²) >= 11 is 0. The highest BCUT2D eigenvalue weighted by Crippen LogP contribution is 2.15. The average molecular weight is 176 g/mol. The second-order valence-corrected chi connectivity index (χ2v) is 2.84. The lowest BCUT2D eigenvalue weighted by molar-refractivity contribution is -0.134. The third-order valence-corrected chi connectivity index (χ3v) is 2.00. The Balaban J connectivity index is 2.34. The van der Waals surface area contributed by atoms with Gasteiger partial charge in [0.05, 0.1) is 5.57 Å². The first-order valence-electron chi connectivity index (χ1n) is 3.87. The first-order valence-corrected chi connectivity index (χ1v) is 3.87. The third kappa shape index (κ3) is 1.07. The number of allylic oxidation sites excluding steroid dienone is 2. The van der Waals surface area contributed by atoms with Crippen LogP contribution in [0.3, 0.4) is 0 Å². The summed E-state index contributed by atoms with van der Waals surface area (Å²) in [5, 5.41) is 2.63. The molecule has 1 unspecified atom stereocenters. The molecule has 2 aliphatic heterocycles. The Hall–Kier alpha value is -1.84. The van der Waals surface area contributed by atoms with Crippen LogP contribution in [-0.4, -0.2) is 22.9 Å². The van der Waals surface area contributed by atoms with Crippen molar-refractivity contribution in [2.24, 2.45) is 0 Å². The molecule has 1 saturated heterocycles. The topological polar surface area (TPSA) is 49.4 Å². The van der Waals surface area contributed by atoms with Crippen LogP contribution in [0.15, 0.2) is 36.6 Å². The zero-order chi connectivity index (χ0) is 9.42. The molecule has 0 aromatic rings. The molecule has 4 nitrogen and oxygen atoms in total. The number of carbonyl (C=O) groups is 2. The predicted molar refractivity (Wildman–Crippen MR) is 46.2 cm³/mol. The SMILES string of the molecule is C=C1C(=O)NC2C=CC=CN2C1=O. The number of nitrogens with zero attached hydrogens (tertiary/aromatic N) is 1. The van der Waals surface area contributed by atoms with Crippen LogP contribution in [0, 0.1) is 0 Å². The van der Waals surface area contributed by atoms with Gasteiger partial charge in [0.25, 0.3) is 11.8 Å². The van der Waals surface area contributed by atoms with Crippen LogP contribution in [0.4, 0.5) is 0 Å². The first kappa shape index (κ1) is 7.79. The maximum atomic E-state index is 11.5. The summed E-state index contributed by atoms with van der Waals surface area (Å²) in [7, 11) is 0. The molecule has 2 heterocycles. The minimum Gasteiger partial charge on any atom is -0.328 e. The van der Waals surface area contributed by atoms with Crippen LogP contribution < -0.4 is 5.32 Å². The minimum absolute atomic E-state index is 0.0174. The average Bonchev–Trinajstić information content (AvgIpc) is 2.15. The van der Waals surface area contributed by atoms with Crippen molar-refractivity contribution in [3.63, 3.8) is 0 Å². The molecule has 0 aromatic carbocycles. The van der Waals surface area contributed by atoms with Crippen LogP contribution in [-0.2, 0) is 9.59 Å². The summed E-state index contributed by atoms with van der Waals surface area (Å²) in [5.74, 6) is -0.736. The van der Waals surface area contributed by atoms with Gasteiger partial charge in [-0.25, -0.2) is 0 Å². The molecule has 0 radical (unpaired) electrons. The number of nitrogens with one attached hydrogen (secondary N) is 1. The second kappa shape index (κ2) is 2.58. The van der Waals surface area contributed by atoms with Gasteiger partial charge >= 0.3 is 0 Å². The highest BCUT2D eigenvalue weighted by Gasteiger charge is 2.33. The highest BCUT2D eigenvalue weighted by atomic mass is 16.2.